The van der Waals surface area contributed by atoms with Crippen LogP contribution in [0.4, 0.5) is 13.2 Å². The van der Waals surface area contributed by atoms with Gasteiger partial charge >= 0.3 is 35.7 Å². The van der Waals surface area contributed by atoms with Gasteiger partial charge in [0.2, 0.25) is 0 Å². The molecule has 0 aromatic rings. The summed E-state index contributed by atoms with van der Waals surface area (Å²) in [5, 5.41) is 1.69. The van der Waals surface area contributed by atoms with Gasteiger partial charge in [-0.2, -0.15) is 13.2 Å². The van der Waals surface area contributed by atoms with Gasteiger partial charge in [-0.3, -0.25) is 0 Å². The molecule has 0 saturated carbocycles. The molecule has 66 valence electrons. The van der Waals surface area contributed by atoms with Crippen molar-refractivity contribution in [2.75, 3.05) is 6.54 Å². The van der Waals surface area contributed by atoms with Crippen molar-refractivity contribution >= 4 is 12.6 Å². The summed E-state index contributed by atoms with van der Waals surface area (Å²) in [6.45, 7) is 0.428. The zero-order chi connectivity index (χ0) is 8.48. The first-order chi connectivity index (χ1) is 5.02. The number of piperidine rings is 1. The van der Waals surface area contributed by atoms with E-state index in [0.717, 1.165) is 6.42 Å². The van der Waals surface area contributed by atoms with E-state index < -0.39 is 17.5 Å². The third-order valence-electron chi connectivity index (χ3n) is 1.75. The Morgan fingerprint density at radius 3 is 2.25 bits per heavy atom. The predicted molar refractivity (Wildman–Crippen MR) is 38.2 cm³/mol. The first-order valence-electron chi connectivity index (χ1n) is 3.48. The number of alkyl halides is 3. The fourth-order valence-corrected chi connectivity index (χ4v) is 1.60. The third-order valence-corrected chi connectivity index (χ3v) is 2.26. The quantitative estimate of drug-likeness (QED) is 0.372. The predicted octanol–water partition coefficient (Wildman–Crippen LogP) is -1.78. The minimum absolute atomic E-state index is 0. The Bertz CT molecular complexity index is 141. The molecule has 1 aliphatic rings. The van der Waals surface area contributed by atoms with Crippen molar-refractivity contribution in [3.05, 3.63) is 0 Å². The first-order valence-corrected chi connectivity index (χ1v) is 3.95. The Balaban J connectivity index is 0.00000121. The molecule has 1 aliphatic heterocycles. The van der Waals surface area contributed by atoms with Crippen LogP contribution in [-0.2, 0) is 12.6 Å². The molecule has 0 aliphatic carbocycles. The van der Waals surface area contributed by atoms with Crippen LogP contribution in [0.15, 0.2) is 0 Å². The van der Waals surface area contributed by atoms with Gasteiger partial charge in [0, 0.05) is 0 Å². The normalized spacial score (nSPS) is 31.0. The number of halogens is 3. The van der Waals surface area contributed by atoms with Gasteiger partial charge in [0.1, 0.15) is 0 Å². The van der Waals surface area contributed by atoms with Crippen LogP contribution in [0.25, 0.3) is 0 Å². The largest absolute Gasteiger partial charge is 1.00 e. The van der Waals surface area contributed by atoms with E-state index in [1.165, 1.54) is 0 Å². The Hall–Kier alpha value is 1.10. The van der Waals surface area contributed by atoms with E-state index in [-0.39, 0.29) is 29.6 Å². The Morgan fingerprint density at radius 1 is 1.33 bits per heavy atom. The van der Waals surface area contributed by atoms with E-state index in [0.29, 0.717) is 13.0 Å². The zero-order valence-corrected chi connectivity index (χ0v) is 9.63. The molecule has 1 fully saturated rings. The summed E-state index contributed by atoms with van der Waals surface area (Å²) in [6, 6.07) is -1.47. The standard InChI is InChI=1S/C6H10F3NS.Na/c7-6(8,9)5-4(11)2-1-3-10-5;/h4-5,10-11H,1-3H2;/q;+1/p-1. The number of nitrogens with one attached hydrogen (secondary N) is 1. The average molecular weight is 207 g/mol. The van der Waals surface area contributed by atoms with Crippen LogP contribution in [-0.4, -0.2) is 24.0 Å². The molecule has 2 unspecified atom stereocenters. The molecule has 1 heterocycles. The molecule has 0 spiro atoms. The van der Waals surface area contributed by atoms with Gasteiger partial charge in [-0.25, -0.2) is 0 Å². The molecular weight excluding hydrogens is 198 g/mol. The van der Waals surface area contributed by atoms with Crippen LogP contribution in [0.2, 0.25) is 0 Å². The van der Waals surface area contributed by atoms with Crippen molar-refractivity contribution in [3.63, 3.8) is 0 Å². The van der Waals surface area contributed by atoms with Crippen LogP contribution in [0.3, 0.4) is 0 Å². The van der Waals surface area contributed by atoms with Gasteiger partial charge in [0.15, 0.2) is 0 Å². The minimum atomic E-state index is -4.17. The second kappa shape index (κ2) is 5.10. The van der Waals surface area contributed by atoms with Gasteiger partial charge in [-0.15, -0.1) is 5.25 Å². The van der Waals surface area contributed by atoms with Gasteiger partial charge < -0.3 is 17.9 Å². The maximum atomic E-state index is 12.1. The molecule has 0 aromatic carbocycles. The topological polar surface area (TPSA) is 12.0 Å². The molecular formula is C6H9F3NNaS. The molecule has 6 heteroatoms. The van der Waals surface area contributed by atoms with Crippen molar-refractivity contribution in [1.29, 1.82) is 0 Å². The van der Waals surface area contributed by atoms with Gasteiger partial charge in [-0.1, -0.05) is 6.42 Å². The fraction of sp³-hybridized carbons (Fsp3) is 1.00. The van der Waals surface area contributed by atoms with Crippen LogP contribution in [0.5, 0.6) is 0 Å². The Labute approximate surface area is 97.2 Å². The van der Waals surface area contributed by atoms with Gasteiger partial charge in [-0.05, 0) is 13.0 Å². The maximum Gasteiger partial charge on any atom is 1.00 e. The van der Waals surface area contributed by atoms with Crippen molar-refractivity contribution in [1.82, 2.24) is 5.32 Å². The Morgan fingerprint density at radius 2 is 1.92 bits per heavy atom. The van der Waals surface area contributed by atoms with E-state index in [2.05, 4.69) is 17.9 Å². The zero-order valence-electron chi connectivity index (χ0n) is 6.82. The van der Waals surface area contributed by atoms with Crippen LogP contribution < -0.4 is 34.9 Å². The third kappa shape index (κ3) is 3.46. The Kier molecular flexibility index (Phi) is 5.57. The molecule has 1 nitrogen and oxygen atoms in total. The van der Waals surface area contributed by atoms with Gasteiger partial charge in [0.25, 0.3) is 0 Å². The number of rotatable bonds is 0. The monoisotopic (exact) mass is 207 g/mol. The van der Waals surface area contributed by atoms with Crippen molar-refractivity contribution in [3.8, 4) is 0 Å². The summed E-state index contributed by atoms with van der Waals surface area (Å²) in [6.07, 6.45) is -2.93. The molecule has 0 bridgehead atoms. The molecule has 0 radical (unpaired) electrons. The van der Waals surface area contributed by atoms with Crippen LogP contribution in [0.1, 0.15) is 12.8 Å². The SMILES string of the molecule is FC(F)(F)C1NCCCC1[S-].[Na+]. The molecule has 0 amide bonds. The molecule has 2 atom stereocenters. The summed E-state index contributed by atoms with van der Waals surface area (Å²) >= 11 is 4.68. The summed E-state index contributed by atoms with van der Waals surface area (Å²) in [4.78, 5) is 0. The molecule has 1 N–H and O–H groups in total. The minimum Gasteiger partial charge on any atom is -0.787 e. The second-order valence-corrected chi connectivity index (χ2v) is 3.26. The van der Waals surface area contributed by atoms with Crippen molar-refractivity contribution in [2.24, 2.45) is 0 Å². The van der Waals surface area contributed by atoms with Crippen molar-refractivity contribution < 1.29 is 42.7 Å². The van der Waals surface area contributed by atoms with E-state index >= 15 is 0 Å². The summed E-state index contributed by atoms with van der Waals surface area (Å²) in [5.74, 6) is 0. The number of hydrogen-bond acceptors (Lipinski definition) is 2. The summed E-state index contributed by atoms with van der Waals surface area (Å²) < 4.78 is 36.2. The van der Waals surface area contributed by atoms with E-state index in [4.69, 9.17) is 0 Å². The number of hydrogen-bond donors (Lipinski definition) is 1. The van der Waals surface area contributed by atoms with Crippen LogP contribution >= 0.6 is 0 Å². The van der Waals surface area contributed by atoms with Crippen LogP contribution in [0, 0.1) is 0 Å². The summed E-state index contributed by atoms with van der Waals surface area (Å²) in [5.41, 5.74) is 0. The average Bonchev–Trinajstić information content (AvgIpc) is 1.86. The van der Waals surface area contributed by atoms with E-state index in [1.54, 1.807) is 0 Å². The molecule has 0 aromatic heterocycles. The van der Waals surface area contributed by atoms with E-state index in [1.807, 2.05) is 0 Å². The molecule has 12 heavy (non-hydrogen) atoms. The smallest absolute Gasteiger partial charge is 0.787 e. The first kappa shape index (κ1) is 13.1. The maximum absolute atomic E-state index is 12.1. The molecule has 1 rings (SSSR count). The molecule has 1 saturated heterocycles. The summed E-state index contributed by atoms with van der Waals surface area (Å²) in [7, 11) is 0. The second-order valence-electron chi connectivity index (χ2n) is 2.65. The van der Waals surface area contributed by atoms with E-state index in [9.17, 15) is 13.2 Å². The van der Waals surface area contributed by atoms with Crippen molar-refractivity contribution in [2.45, 2.75) is 30.3 Å². The van der Waals surface area contributed by atoms with Gasteiger partial charge in [0.05, 0.1) is 6.04 Å². The fourth-order valence-electron chi connectivity index (χ4n) is 1.19.